The maximum atomic E-state index is 12.5. The van der Waals surface area contributed by atoms with Crippen LogP contribution in [0.15, 0.2) is 0 Å². The summed E-state index contributed by atoms with van der Waals surface area (Å²) < 4.78 is 37.6. The molecule has 1 saturated heterocycles. The second kappa shape index (κ2) is 6.86. The summed E-state index contributed by atoms with van der Waals surface area (Å²) in [6.07, 6.45) is -3.72. The molecule has 0 bridgehead atoms. The van der Waals surface area contributed by atoms with Crippen LogP contribution < -0.4 is 5.32 Å². The molecule has 23 heavy (non-hydrogen) atoms. The normalized spacial score (nSPS) is 18.3. The highest BCUT2D eigenvalue weighted by Crippen LogP contribution is 2.25. The van der Waals surface area contributed by atoms with Crippen LogP contribution in [0.5, 0.6) is 0 Å². The molecule has 1 aromatic rings. The number of alkyl halides is 3. The fraction of sp³-hybridized carbons (Fsp3) is 0.643. The number of aryl methyl sites for hydroxylation is 2. The number of halogens is 3. The van der Waals surface area contributed by atoms with Gasteiger partial charge in [-0.15, -0.1) is 11.3 Å². The second-order valence-corrected chi connectivity index (χ2v) is 6.72. The molecule has 2 heterocycles. The van der Waals surface area contributed by atoms with Gasteiger partial charge in [0.2, 0.25) is 5.91 Å². The molecule has 1 fully saturated rings. The molecule has 0 aliphatic carbocycles. The number of carbonyl (C=O) groups is 2. The van der Waals surface area contributed by atoms with Gasteiger partial charge in [-0.3, -0.25) is 9.59 Å². The van der Waals surface area contributed by atoms with Gasteiger partial charge < -0.3 is 10.2 Å². The first-order chi connectivity index (χ1) is 10.7. The van der Waals surface area contributed by atoms with Crippen LogP contribution in [-0.2, 0) is 16.0 Å². The van der Waals surface area contributed by atoms with Gasteiger partial charge in [0.1, 0.15) is 6.04 Å². The summed E-state index contributed by atoms with van der Waals surface area (Å²) in [6.45, 7) is 4.04. The minimum atomic E-state index is -4.94. The summed E-state index contributed by atoms with van der Waals surface area (Å²) in [5.41, 5.74) is 0.900. The Morgan fingerprint density at radius 2 is 2.09 bits per heavy atom. The minimum absolute atomic E-state index is 0.0381. The predicted octanol–water partition coefficient (Wildman–Crippen LogP) is 1.97. The van der Waals surface area contributed by atoms with Crippen molar-refractivity contribution in [2.75, 3.05) is 13.1 Å². The van der Waals surface area contributed by atoms with Gasteiger partial charge in [-0.1, -0.05) is 0 Å². The highest BCUT2D eigenvalue weighted by molar-refractivity contribution is 7.11. The lowest BCUT2D eigenvalue weighted by Gasteiger charge is -2.24. The van der Waals surface area contributed by atoms with Crippen molar-refractivity contribution in [3.63, 3.8) is 0 Å². The molecule has 0 saturated carbocycles. The SMILES string of the molecule is Cc1nc(C)c(CCNC(=O)C2CCCN2C(=O)C(F)(F)F)s1. The fourth-order valence-electron chi connectivity index (χ4n) is 2.67. The van der Waals surface area contributed by atoms with Crippen LogP contribution in [0.4, 0.5) is 13.2 Å². The first-order valence-electron chi connectivity index (χ1n) is 7.28. The highest BCUT2D eigenvalue weighted by Gasteiger charge is 2.47. The van der Waals surface area contributed by atoms with Gasteiger partial charge in [-0.25, -0.2) is 4.98 Å². The zero-order valence-electron chi connectivity index (χ0n) is 12.9. The Morgan fingerprint density at radius 3 is 2.65 bits per heavy atom. The molecule has 0 aromatic carbocycles. The van der Waals surface area contributed by atoms with Gasteiger partial charge in [0, 0.05) is 24.4 Å². The average Bonchev–Trinajstić information content (AvgIpc) is 3.03. The van der Waals surface area contributed by atoms with Gasteiger partial charge in [0.15, 0.2) is 0 Å². The molecule has 0 spiro atoms. The van der Waals surface area contributed by atoms with Gasteiger partial charge in [-0.05, 0) is 26.7 Å². The first-order valence-corrected chi connectivity index (χ1v) is 8.10. The number of hydrogen-bond acceptors (Lipinski definition) is 4. The zero-order valence-corrected chi connectivity index (χ0v) is 13.7. The van der Waals surface area contributed by atoms with Crippen molar-refractivity contribution >= 4 is 23.2 Å². The zero-order chi connectivity index (χ0) is 17.2. The Balaban J connectivity index is 1.89. The molecule has 0 radical (unpaired) electrons. The third-order valence-electron chi connectivity index (χ3n) is 3.71. The number of likely N-dealkylation sites (tertiary alicyclic amines) is 1. The second-order valence-electron chi connectivity index (χ2n) is 5.44. The van der Waals surface area contributed by atoms with E-state index in [-0.39, 0.29) is 13.0 Å². The lowest BCUT2D eigenvalue weighted by molar-refractivity contribution is -0.186. The summed E-state index contributed by atoms with van der Waals surface area (Å²) in [6, 6.07) is -1.03. The van der Waals surface area contributed by atoms with Gasteiger partial charge in [-0.2, -0.15) is 13.2 Å². The number of thiazole rings is 1. The van der Waals surface area contributed by atoms with E-state index in [1.54, 1.807) is 0 Å². The Bertz CT molecular complexity index is 601. The third-order valence-corrected chi connectivity index (χ3v) is 4.84. The molecule has 1 unspecified atom stereocenters. The van der Waals surface area contributed by atoms with Crippen molar-refractivity contribution in [2.24, 2.45) is 0 Å². The number of amides is 2. The van der Waals surface area contributed by atoms with Crippen molar-refractivity contribution in [3.8, 4) is 0 Å². The Kier molecular flexibility index (Phi) is 5.28. The Morgan fingerprint density at radius 1 is 1.39 bits per heavy atom. The minimum Gasteiger partial charge on any atom is -0.354 e. The molecule has 1 aliphatic rings. The summed E-state index contributed by atoms with van der Waals surface area (Å²) in [7, 11) is 0. The van der Waals surface area contributed by atoms with E-state index in [2.05, 4.69) is 10.3 Å². The van der Waals surface area contributed by atoms with Crippen LogP contribution in [0.2, 0.25) is 0 Å². The largest absolute Gasteiger partial charge is 0.471 e. The van der Waals surface area contributed by atoms with Crippen LogP contribution in [0.25, 0.3) is 0 Å². The van der Waals surface area contributed by atoms with Gasteiger partial charge >= 0.3 is 12.1 Å². The van der Waals surface area contributed by atoms with Crippen LogP contribution >= 0.6 is 11.3 Å². The summed E-state index contributed by atoms with van der Waals surface area (Å²) in [5.74, 6) is -2.47. The van der Waals surface area contributed by atoms with E-state index in [1.807, 2.05) is 13.8 Å². The summed E-state index contributed by atoms with van der Waals surface area (Å²) in [4.78, 5) is 29.4. The Labute approximate surface area is 135 Å². The summed E-state index contributed by atoms with van der Waals surface area (Å²) >= 11 is 1.53. The first kappa shape index (κ1) is 17.7. The number of hydrogen-bond donors (Lipinski definition) is 1. The molecule has 1 aliphatic heterocycles. The number of aromatic nitrogens is 1. The van der Waals surface area contributed by atoms with E-state index in [0.29, 0.717) is 24.3 Å². The molecule has 128 valence electrons. The van der Waals surface area contributed by atoms with Gasteiger partial charge in [0.05, 0.1) is 10.7 Å². The Hall–Kier alpha value is -1.64. The van der Waals surface area contributed by atoms with E-state index in [0.717, 1.165) is 15.6 Å². The topological polar surface area (TPSA) is 62.3 Å². The van der Waals surface area contributed by atoms with E-state index >= 15 is 0 Å². The maximum Gasteiger partial charge on any atom is 0.471 e. The van der Waals surface area contributed by atoms with Crippen LogP contribution in [0.1, 0.15) is 28.4 Å². The van der Waals surface area contributed by atoms with Crippen molar-refractivity contribution in [2.45, 2.75) is 45.3 Å². The standard InChI is InChI=1S/C14H18F3N3O2S/c1-8-11(23-9(2)19-8)5-6-18-12(21)10-4-3-7-20(10)13(22)14(15,16)17/h10H,3-7H2,1-2H3,(H,18,21). The number of rotatable bonds is 4. The van der Waals surface area contributed by atoms with Crippen molar-refractivity contribution in [1.82, 2.24) is 15.2 Å². The highest BCUT2D eigenvalue weighted by atomic mass is 32.1. The lowest BCUT2D eigenvalue weighted by atomic mass is 10.2. The molecular formula is C14H18F3N3O2S. The quantitative estimate of drug-likeness (QED) is 0.904. The number of nitrogens with one attached hydrogen (secondary N) is 1. The predicted molar refractivity (Wildman–Crippen MR) is 79.1 cm³/mol. The third kappa shape index (κ3) is 4.21. The van der Waals surface area contributed by atoms with E-state index in [9.17, 15) is 22.8 Å². The number of carbonyl (C=O) groups excluding carboxylic acids is 2. The maximum absolute atomic E-state index is 12.5. The van der Waals surface area contributed by atoms with E-state index in [4.69, 9.17) is 0 Å². The molecule has 1 N–H and O–H groups in total. The molecule has 2 amide bonds. The van der Waals surface area contributed by atoms with E-state index < -0.39 is 24.0 Å². The van der Waals surface area contributed by atoms with Gasteiger partial charge in [0.25, 0.3) is 0 Å². The molecule has 1 aromatic heterocycles. The van der Waals surface area contributed by atoms with Crippen molar-refractivity contribution in [3.05, 3.63) is 15.6 Å². The van der Waals surface area contributed by atoms with Crippen molar-refractivity contribution in [1.29, 1.82) is 0 Å². The van der Waals surface area contributed by atoms with E-state index in [1.165, 1.54) is 11.3 Å². The van der Waals surface area contributed by atoms with Crippen LogP contribution in [0, 0.1) is 13.8 Å². The van der Waals surface area contributed by atoms with Crippen LogP contribution in [-0.4, -0.2) is 47.0 Å². The molecule has 9 heteroatoms. The smallest absolute Gasteiger partial charge is 0.354 e. The molecule has 2 rings (SSSR count). The van der Waals surface area contributed by atoms with Crippen LogP contribution in [0.3, 0.4) is 0 Å². The lowest BCUT2D eigenvalue weighted by Crippen LogP contribution is -2.50. The molecular weight excluding hydrogens is 331 g/mol. The molecule has 5 nitrogen and oxygen atoms in total. The number of nitrogens with zero attached hydrogens (tertiary/aromatic N) is 2. The summed E-state index contributed by atoms with van der Waals surface area (Å²) in [5, 5.41) is 3.56. The average molecular weight is 349 g/mol. The van der Waals surface area contributed by atoms with Crippen molar-refractivity contribution < 1.29 is 22.8 Å². The molecule has 1 atom stereocenters. The monoisotopic (exact) mass is 349 g/mol. The fourth-order valence-corrected chi connectivity index (χ4v) is 3.60.